The van der Waals surface area contributed by atoms with E-state index in [-0.39, 0.29) is 11.8 Å². The van der Waals surface area contributed by atoms with Gasteiger partial charge >= 0.3 is 6.03 Å². The van der Waals surface area contributed by atoms with E-state index in [1.807, 2.05) is 44.2 Å². The van der Waals surface area contributed by atoms with Crippen LogP contribution in [0.1, 0.15) is 25.8 Å². The summed E-state index contributed by atoms with van der Waals surface area (Å²) < 4.78 is 0. The predicted octanol–water partition coefficient (Wildman–Crippen LogP) is 0.563. The molecule has 0 radical (unpaired) electrons. The van der Waals surface area contributed by atoms with E-state index in [1.54, 1.807) is 0 Å². The minimum Gasteiger partial charge on any atom is -0.357 e. The Balaban J connectivity index is 2.85. The molecule has 5 N–H and O–H groups in total. The number of benzene rings is 1. The number of carbonyl (C=O) groups is 3. The lowest BCUT2D eigenvalue weighted by Crippen LogP contribution is -2.55. The Kier molecular flexibility index (Phi) is 8.42. The second kappa shape index (κ2) is 10.3. The lowest BCUT2D eigenvalue weighted by Gasteiger charge is -2.23. The molecule has 4 amide bonds. The predicted molar refractivity (Wildman–Crippen MR) is 92.8 cm³/mol. The molecule has 8 heteroatoms. The minimum absolute atomic E-state index is 0.127. The number of hydrogen-bond acceptors (Lipinski definition) is 4. The van der Waals surface area contributed by atoms with Crippen molar-refractivity contribution < 1.29 is 19.6 Å². The van der Waals surface area contributed by atoms with Gasteiger partial charge in [0.2, 0.25) is 11.8 Å². The largest absolute Gasteiger partial charge is 0.357 e. The molecule has 0 saturated heterocycles. The van der Waals surface area contributed by atoms with E-state index in [1.165, 1.54) is 12.5 Å². The van der Waals surface area contributed by atoms with Crippen molar-refractivity contribution in [2.45, 2.75) is 38.8 Å². The first-order valence-corrected chi connectivity index (χ1v) is 8.13. The van der Waals surface area contributed by atoms with Gasteiger partial charge in [-0.25, -0.2) is 10.3 Å². The first-order valence-electron chi connectivity index (χ1n) is 8.13. The molecule has 1 aromatic carbocycles. The van der Waals surface area contributed by atoms with Crippen LogP contribution < -0.4 is 21.4 Å². The van der Waals surface area contributed by atoms with Crippen molar-refractivity contribution in [1.29, 1.82) is 0 Å². The maximum atomic E-state index is 12.5. The number of carbonyl (C=O) groups excluding carboxylic acids is 3. The van der Waals surface area contributed by atoms with Gasteiger partial charge in [-0.3, -0.25) is 14.8 Å². The van der Waals surface area contributed by atoms with Gasteiger partial charge in [0.05, 0.1) is 0 Å². The summed E-state index contributed by atoms with van der Waals surface area (Å²) in [5.74, 6) is -0.684. The molecule has 0 bridgehead atoms. The Morgan fingerprint density at radius 2 is 1.64 bits per heavy atom. The standard InChI is InChI=1S/C17H26N4O4/c1-11(2)9-13(20-17(24)21-25)16(23)19-14(15(22)18-3)10-12-7-5-4-6-8-12/h4-8,11,13-14,25H,9-10H2,1-3H3,(H,18,22)(H,19,23)(H2,20,21,24)/t13?,14-/m0/s1. The number of likely N-dealkylation sites (N-methyl/N-ethyl adjacent to an activating group) is 1. The Labute approximate surface area is 147 Å². The van der Waals surface area contributed by atoms with Crippen molar-refractivity contribution >= 4 is 17.8 Å². The number of nitrogens with one attached hydrogen (secondary N) is 4. The molecular formula is C17H26N4O4. The third kappa shape index (κ3) is 7.21. The van der Waals surface area contributed by atoms with Crippen LogP contribution in [0.15, 0.2) is 30.3 Å². The van der Waals surface area contributed by atoms with Gasteiger partial charge in [0, 0.05) is 13.5 Å². The van der Waals surface area contributed by atoms with Gasteiger partial charge < -0.3 is 16.0 Å². The highest BCUT2D eigenvalue weighted by Crippen LogP contribution is 2.07. The third-order valence-electron chi connectivity index (χ3n) is 3.59. The molecule has 0 heterocycles. The Morgan fingerprint density at radius 3 is 2.16 bits per heavy atom. The highest BCUT2D eigenvalue weighted by molar-refractivity contribution is 5.91. The Morgan fingerprint density at radius 1 is 1.00 bits per heavy atom. The van der Waals surface area contributed by atoms with Gasteiger partial charge in [-0.15, -0.1) is 0 Å². The molecule has 0 aromatic heterocycles. The van der Waals surface area contributed by atoms with Crippen LogP contribution in [0.2, 0.25) is 0 Å². The van der Waals surface area contributed by atoms with E-state index in [0.717, 1.165) is 5.56 Å². The molecule has 138 valence electrons. The number of amides is 4. The van der Waals surface area contributed by atoms with Gasteiger partial charge in [-0.1, -0.05) is 44.2 Å². The van der Waals surface area contributed by atoms with Crippen molar-refractivity contribution in [3.05, 3.63) is 35.9 Å². The summed E-state index contributed by atoms with van der Waals surface area (Å²) in [6.45, 7) is 3.80. The van der Waals surface area contributed by atoms with E-state index < -0.39 is 24.0 Å². The van der Waals surface area contributed by atoms with Crippen LogP contribution in [-0.4, -0.2) is 42.2 Å². The zero-order chi connectivity index (χ0) is 18.8. The van der Waals surface area contributed by atoms with Crippen molar-refractivity contribution in [1.82, 2.24) is 21.4 Å². The summed E-state index contributed by atoms with van der Waals surface area (Å²) in [4.78, 5) is 36.0. The van der Waals surface area contributed by atoms with Crippen molar-refractivity contribution in [2.24, 2.45) is 5.92 Å². The molecule has 1 unspecified atom stereocenters. The normalized spacial score (nSPS) is 12.8. The Hall–Kier alpha value is -2.61. The molecule has 2 atom stereocenters. The van der Waals surface area contributed by atoms with E-state index in [4.69, 9.17) is 5.21 Å². The first-order chi connectivity index (χ1) is 11.9. The fourth-order valence-corrected chi connectivity index (χ4v) is 2.40. The third-order valence-corrected chi connectivity index (χ3v) is 3.59. The number of urea groups is 1. The van der Waals surface area contributed by atoms with Gasteiger partial charge in [0.1, 0.15) is 12.1 Å². The zero-order valence-corrected chi connectivity index (χ0v) is 14.7. The minimum atomic E-state index is -0.875. The molecular weight excluding hydrogens is 324 g/mol. The fraction of sp³-hybridized carbons (Fsp3) is 0.471. The number of hydrogen-bond donors (Lipinski definition) is 5. The fourth-order valence-electron chi connectivity index (χ4n) is 2.40. The monoisotopic (exact) mass is 350 g/mol. The summed E-state index contributed by atoms with van der Waals surface area (Å²) in [5, 5.41) is 16.2. The smallest absolute Gasteiger partial charge is 0.339 e. The van der Waals surface area contributed by atoms with Crippen LogP contribution in [0.4, 0.5) is 4.79 Å². The quantitative estimate of drug-likeness (QED) is 0.348. The molecule has 0 spiro atoms. The summed E-state index contributed by atoms with van der Waals surface area (Å²) in [6.07, 6.45) is 0.692. The van der Waals surface area contributed by atoms with Crippen LogP contribution in [0.25, 0.3) is 0 Å². The molecule has 0 aliphatic rings. The van der Waals surface area contributed by atoms with Crippen LogP contribution in [-0.2, 0) is 16.0 Å². The molecule has 8 nitrogen and oxygen atoms in total. The molecule has 1 rings (SSSR count). The first kappa shape index (κ1) is 20.4. The molecule has 0 aliphatic heterocycles. The second-order valence-corrected chi connectivity index (χ2v) is 6.13. The highest BCUT2D eigenvalue weighted by Gasteiger charge is 2.27. The highest BCUT2D eigenvalue weighted by atomic mass is 16.5. The van der Waals surface area contributed by atoms with Crippen molar-refractivity contribution in [3.63, 3.8) is 0 Å². The van der Waals surface area contributed by atoms with Crippen LogP contribution in [0.3, 0.4) is 0 Å². The topological polar surface area (TPSA) is 120 Å². The van der Waals surface area contributed by atoms with E-state index in [9.17, 15) is 14.4 Å². The van der Waals surface area contributed by atoms with Crippen molar-refractivity contribution in [3.8, 4) is 0 Å². The summed E-state index contributed by atoms with van der Waals surface area (Å²) in [5.41, 5.74) is 2.34. The number of hydroxylamine groups is 1. The molecule has 0 fully saturated rings. The van der Waals surface area contributed by atoms with Gasteiger partial charge in [0.25, 0.3) is 0 Å². The lowest BCUT2D eigenvalue weighted by molar-refractivity contribution is -0.129. The average Bonchev–Trinajstić information content (AvgIpc) is 2.60. The van der Waals surface area contributed by atoms with Crippen molar-refractivity contribution in [2.75, 3.05) is 7.05 Å². The van der Waals surface area contributed by atoms with E-state index in [2.05, 4.69) is 16.0 Å². The van der Waals surface area contributed by atoms with E-state index in [0.29, 0.717) is 12.8 Å². The van der Waals surface area contributed by atoms with Gasteiger partial charge in [0.15, 0.2) is 0 Å². The zero-order valence-electron chi connectivity index (χ0n) is 14.7. The molecule has 25 heavy (non-hydrogen) atoms. The van der Waals surface area contributed by atoms with Crippen LogP contribution in [0.5, 0.6) is 0 Å². The lowest BCUT2D eigenvalue weighted by atomic mass is 10.0. The van der Waals surface area contributed by atoms with E-state index >= 15 is 0 Å². The summed E-state index contributed by atoms with van der Waals surface area (Å²) in [7, 11) is 1.50. The SMILES string of the molecule is CNC(=O)[C@H](Cc1ccccc1)NC(=O)C(CC(C)C)NC(=O)NO. The second-order valence-electron chi connectivity index (χ2n) is 6.13. The van der Waals surface area contributed by atoms with Gasteiger partial charge in [-0.05, 0) is 17.9 Å². The molecule has 1 aromatic rings. The number of rotatable bonds is 8. The van der Waals surface area contributed by atoms with Gasteiger partial charge in [-0.2, -0.15) is 0 Å². The molecule has 0 saturated carbocycles. The maximum Gasteiger partial charge on any atom is 0.339 e. The van der Waals surface area contributed by atoms with Crippen LogP contribution >= 0.6 is 0 Å². The summed E-state index contributed by atoms with van der Waals surface area (Å²) >= 11 is 0. The average molecular weight is 350 g/mol. The Bertz CT molecular complexity index is 577. The summed E-state index contributed by atoms with van der Waals surface area (Å²) in [6, 6.07) is 6.80. The molecule has 0 aliphatic carbocycles. The van der Waals surface area contributed by atoms with Crippen LogP contribution in [0, 0.1) is 5.92 Å². The maximum absolute atomic E-state index is 12.5.